The zero-order valence-electron chi connectivity index (χ0n) is 15.3. The Kier molecular flexibility index (Phi) is 7.03. The third-order valence-electron chi connectivity index (χ3n) is 4.35. The van der Waals surface area contributed by atoms with E-state index in [4.69, 9.17) is 4.74 Å². The molecule has 0 radical (unpaired) electrons. The standard InChI is InChI=1S/C20H28O4/c1-19(2,14-21)12-10-17(22)15-6-8-16(9-7-15)18(23)11-13-20(3,4)24-5/h6-9,14H,10-13H2,1-5H3. The van der Waals surface area contributed by atoms with Crippen LogP contribution in [0.15, 0.2) is 24.3 Å². The van der Waals surface area contributed by atoms with Crippen molar-refractivity contribution in [1.29, 1.82) is 0 Å². The summed E-state index contributed by atoms with van der Waals surface area (Å²) in [6, 6.07) is 6.76. The summed E-state index contributed by atoms with van der Waals surface area (Å²) in [6.07, 6.45) is 2.76. The van der Waals surface area contributed by atoms with E-state index in [1.165, 1.54) is 0 Å². The van der Waals surface area contributed by atoms with Crippen molar-refractivity contribution in [2.75, 3.05) is 7.11 Å². The number of benzene rings is 1. The first-order chi connectivity index (χ1) is 11.1. The number of carbonyl (C=O) groups is 3. The number of methoxy groups -OCH3 is 1. The van der Waals surface area contributed by atoms with Crippen LogP contribution in [0, 0.1) is 5.41 Å². The van der Waals surface area contributed by atoms with Gasteiger partial charge >= 0.3 is 0 Å². The van der Waals surface area contributed by atoms with Crippen molar-refractivity contribution in [3.05, 3.63) is 35.4 Å². The van der Waals surface area contributed by atoms with Gasteiger partial charge in [-0.25, -0.2) is 0 Å². The van der Waals surface area contributed by atoms with Crippen LogP contribution < -0.4 is 0 Å². The Bertz CT molecular complexity index is 582. The van der Waals surface area contributed by atoms with E-state index in [9.17, 15) is 14.4 Å². The predicted octanol–water partition coefficient (Wildman–Crippen LogP) is 4.26. The van der Waals surface area contributed by atoms with Gasteiger partial charge in [-0.05, 0) is 26.7 Å². The molecule has 1 rings (SSSR count). The van der Waals surface area contributed by atoms with Crippen LogP contribution in [0.25, 0.3) is 0 Å². The van der Waals surface area contributed by atoms with Crippen molar-refractivity contribution in [3.63, 3.8) is 0 Å². The lowest BCUT2D eigenvalue weighted by Gasteiger charge is -2.22. The Morgan fingerprint density at radius 2 is 1.33 bits per heavy atom. The van der Waals surface area contributed by atoms with Crippen molar-refractivity contribution in [3.8, 4) is 0 Å². The third kappa shape index (κ3) is 6.36. The number of ketones is 2. The van der Waals surface area contributed by atoms with Gasteiger partial charge in [-0.15, -0.1) is 0 Å². The topological polar surface area (TPSA) is 60.4 Å². The first-order valence-electron chi connectivity index (χ1n) is 8.28. The lowest BCUT2D eigenvalue weighted by Crippen LogP contribution is -2.23. The van der Waals surface area contributed by atoms with E-state index < -0.39 is 5.41 Å². The fraction of sp³-hybridized carbons (Fsp3) is 0.550. The van der Waals surface area contributed by atoms with E-state index in [-0.39, 0.29) is 17.2 Å². The van der Waals surface area contributed by atoms with Crippen LogP contribution in [0.4, 0.5) is 0 Å². The van der Waals surface area contributed by atoms with E-state index in [2.05, 4.69) is 0 Å². The first-order valence-corrected chi connectivity index (χ1v) is 8.28. The van der Waals surface area contributed by atoms with Crippen LogP contribution in [0.1, 0.15) is 74.1 Å². The number of aldehydes is 1. The van der Waals surface area contributed by atoms with E-state index in [0.29, 0.717) is 36.8 Å². The first kappa shape index (κ1) is 20.2. The lowest BCUT2D eigenvalue weighted by molar-refractivity contribution is -0.114. The van der Waals surface area contributed by atoms with Crippen LogP contribution in [0.2, 0.25) is 0 Å². The van der Waals surface area contributed by atoms with Crippen LogP contribution in [-0.4, -0.2) is 30.6 Å². The predicted molar refractivity (Wildman–Crippen MR) is 94.5 cm³/mol. The Morgan fingerprint density at radius 1 is 0.917 bits per heavy atom. The van der Waals surface area contributed by atoms with Gasteiger partial charge < -0.3 is 9.53 Å². The molecule has 0 unspecified atom stereocenters. The average molecular weight is 332 g/mol. The minimum atomic E-state index is -0.486. The fourth-order valence-corrected chi connectivity index (χ4v) is 2.14. The normalized spacial score (nSPS) is 12.0. The molecule has 24 heavy (non-hydrogen) atoms. The number of hydrogen-bond donors (Lipinski definition) is 0. The molecule has 1 aromatic rings. The maximum atomic E-state index is 12.2. The van der Waals surface area contributed by atoms with Crippen molar-refractivity contribution in [2.45, 2.75) is 59.0 Å². The Balaban J connectivity index is 2.63. The lowest BCUT2D eigenvalue weighted by atomic mass is 9.88. The minimum Gasteiger partial charge on any atom is -0.379 e. The zero-order valence-corrected chi connectivity index (χ0v) is 15.3. The summed E-state index contributed by atoms with van der Waals surface area (Å²) in [5.41, 5.74) is 0.369. The second kappa shape index (κ2) is 8.34. The number of carbonyl (C=O) groups excluding carboxylic acids is 3. The zero-order chi connectivity index (χ0) is 18.4. The SMILES string of the molecule is COC(C)(C)CCC(=O)c1ccc(C(=O)CCC(C)(C)C=O)cc1. The molecule has 0 saturated carbocycles. The highest BCUT2D eigenvalue weighted by atomic mass is 16.5. The average Bonchev–Trinajstić information content (AvgIpc) is 2.58. The highest BCUT2D eigenvalue weighted by molar-refractivity contribution is 5.99. The van der Waals surface area contributed by atoms with Crippen molar-refractivity contribution >= 4 is 17.9 Å². The van der Waals surface area contributed by atoms with Crippen LogP contribution in [0.5, 0.6) is 0 Å². The van der Waals surface area contributed by atoms with Crippen LogP contribution in [-0.2, 0) is 9.53 Å². The van der Waals surface area contributed by atoms with Crippen molar-refractivity contribution in [2.24, 2.45) is 5.41 Å². The van der Waals surface area contributed by atoms with E-state index in [1.54, 1.807) is 31.4 Å². The van der Waals surface area contributed by atoms with E-state index >= 15 is 0 Å². The van der Waals surface area contributed by atoms with Gasteiger partial charge in [-0.1, -0.05) is 38.1 Å². The minimum absolute atomic E-state index is 0.00978. The number of rotatable bonds is 10. The van der Waals surface area contributed by atoms with Gasteiger partial charge in [0.2, 0.25) is 0 Å². The molecule has 0 heterocycles. The van der Waals surface area contributed by atoms with Crippen LogP contribution in [0.3, 0.4) is 0 Å². The summed E-state index contributed by atoms with van der Waals surface area (Å²) in [5.74, 6) is 0.0330. The van der Waals surface area contributed by atoms with Gasteiger partial charge in [-0.2, -0.15) is 0 Å². The molecule has 4 nitrogen and oxygen atoms in total. The molecule has 0 atom stereocenters. The molecule has 0 N–H and O–H groups in total. The second-order valence-corrected chi connectivity index (χ2v) is 7.49. The van der Waals surface area contributed by atoms with Gasteiger partial charge in [0.15, 0.2) is 11.6 Å². The van der Waals surface area contributed by atoms with Crippen LogP contribution >= 0.6 is 0 Å². The van der Waals surface area contributed by atoms with E-state index in [0.717, 1.165) is 6.29 Å². The molecule has 0 aromatic heterocycles. The Labute approximate surface area is 144 Å². The molecular formula is C20H28O4. The van der Waals surface area contributed by atoms with Gasteiger partial charge in [0, 0.05) is 36.5 Å². The summed E-state index contributed by atoms with van der Waals surface area (Å²) in [7, 11) is 1.64. The molecule has 0 spiro atoms. The number of hydrogen-bond acceptors (Lipinski definition) is 4. The summed E-state index contributed by atoms with van der Waals surface area (Å²) in [5, 5.41) is 0. The molecule has 0 aliphatic carbocycles. The number of ether oxygens (including phenoxy) is 1. The second-order valence-electron chi connectivity index (χ2n) is 7.49. The summed E-state index contributed by atoms with van der Waals surface area (Å²) in [4.78, 5) is 35.3. The molecule has 0 fully saturated rings. The smallest absolute Gasteiger partial charge is 0.162 e. The van der Waals surface area contributed by atoms with Gasteiger partial charge in [-0.3, -0.25) is 9.59 Å². The molecule has 132 valence electrons. The third-order valence-corrected chi connectivity index (χ3v) is 4.35. The summed E-state index contributed by atoms with van der Waals surface area (Å²) in [6.45, 7) is 7.53. The van der Waals surface area contributed by atoms with Gasteiger partial charge in [0.1, 0.15) is 6.29 Å². The Morgan fingerprint density at radius 3 is 1.71 bits per heavy atom. The van der Waals surface area contributed by atoms with Crippen molar-refractivity contribution < 1.29 is 19.1 Å². The van der Waals surface area contributed by atoms with Gasteiger partial charge in [0.25, 0.3) is 0 Å². The molecule has 4 heteroatoms. The fourth-order valence-electron chi connectivity index (χ4n) is 2.14. The van der Waals surface area contributed by atoms with Gasteiger partial charge in [0.05, 0.1) is 5.60 Å². The van der Waals surface area contributed by atoms with Crippen molar-refractivity contribution in [1.82, 2.24) is 0 Å². The largest absolute Gasteiger partial charge is 0.379 e. The molecule has 0 amide bonds. The monoisotopic (exact) mass is 332 g/mol. The highest BCUT2D eigenvalue weighted by Gasteiger charge is 2.20. The molecule has 0 aliphatic rings. The van der Waals surface area contributed by atoms with E-state index in [1.807, 2.05) is 27.7 Å². The summed E-state index contributed by atoms with van der Waals surface area (Å²) >= 11 is 0. The molecule has 0 bridgehead atoms. The number of Topliss-reactive ketones (excluding diaryl/α,β-unsaturated/α-hetero) is 2. The molecule has 0 aliphatic heterocycles. The molecule has 1 aromatic carbocycles. The maximum absolute atomic E-state index is 12.2. The molecular weight excluding hydrogens is 304 g/mol. The summed E-state index contributed by atoms with van der Waals surface area (Å²) < 4.78 is 5.32. The Hall–Kier alpha value is -1.81. The highest BCUT2D eigenvalue weighted by Crippen LogP contribution is 2.21. The molecule has 0 saturated heterocycles. The quantitative estimate of drug-likeness (QED) is 0.474. The maximum Gasteiger partial charge on any atom is 0.162 e.